The van der Waals surface area contributed by atoms with E-state index < -0.39 is 0 Å². The third-order valence-corrected chi connectivity index (χ3v) is 6.16. The SMILES string of the molecule is Cc1ccccc1[C@H](Nc1nccn(-c2cc(C(=O)NC3CC3)ccc2C)c1=O)[C@@H](C)CO. The predicted octanol–water partition coefficient (Wildman–Crippen LogP) is 3.52. The first-order valence-electron chi connectivity index (χ1n) is 11.3. The van der Waals surface area contributed by atoms with E-state index in [1.807, 2.05) is 51.1 Å². The van der Waals surface area contributed by atoms with Crippen molar-refractivity contribution in [3.05, 3.63) is 87.5 Å². The van der Waals surface area contributed by atoms with Gasteiger partial charge in [-0.05, 0) is 55.5 Å². The van der Waals surface area contributed by atoms with Gasteiger partial charge in [0.25, 0.3) is 11.5 Å². The largest absolute Gasteiger partial charge is 0.396 e. The van der Waals surface area contributed by atoms with Crippen molar-refractivity contribution in [2.75, 3.05) is 11.9 Å². The first-order chi connectivity index (χ1) is 15.9. The lowest BCUT2D eigenvalue weighted by Crippen LogP contribution is -2.29. The summed E-state index contributed by atoms with van der Waals surface area (Å²) in [6, 6.07) is 13.2. The van der Waals surface area contributed by atoms with Crippen molar-refractivity contribution in [2.45, 2.75) is 45.7 Å². The molecule has 0 bridgehead atoms. The molecule has 1 fully saturated rings. The number of carbonyl (C=O) groups excluding carboxylic acids is 1. The molecule has 33 heavy (non-hydrogen) atoms. The van der Waals surface area contributed by atoms with Gasteiger partial charge in [-0.15, -0.1) is 0 Å². The van der Waals surface area contributed by atoms with Crippen molar-refractivity contribution >= 4 is 11.7 Å². The van der Waals surface area contributed by atoms with Crippen LogP contribution in [0, 0.1) is 19.8 Å². The minimum Gasteiger partial charge on any atom is -0.396 e. The summed E-state index contributed by atoms with van der Waals surface area (Å²) < 4.78 is 1.51. The maximum Gasteiger partial charge on any atom is 0.297 e. The highest BCUT2D eigenvalue weighted by Gasteiger charge is 2.25. The van der Waals surface area contributed by atoms with E-state index in [0.29, 0.717) is 11.3 Å². The molecule has 2 aromatic carbocycles. The van der Waals surface area contributed by atoms with E-state index in [0.717, 1.165) is 29.5 Å². The number of carbonyl (C=O) groups is 1. The van der Waals surface area contributed by atoms with Gasteiger partial charge in [0, 0.05) is 36.5 Å². The number of aliphatic hydroxyl groups excluding tert-OH is 1. The lowest BCUT2D eigenvalue weighted by Gasteiger charge is -2.26. The van der Waals surface area contributed by atoms with Crippen LogP contribution in [0.3, 0.4) is 0 Å². The van der Waals surface area contributed by atoms with Crippen molar-refractivity contribution in [1.82, 2.24) is 14.9 Å². The molecule has 2 atom stereocenters. The Balaban J connectivity index is 1.70. The van der Waals surface area contributed by atoms with Crippen LogP contribution in [0.4, 0.5) is 5.82 Å². The van der Waals surface area contributed by atoms with Crippen LogP contribution in [0.2, 0.25) is 0 Å². The Hall–Kier alpha value is -3.45. The maximum atomic E-state index is 13.4. The fourth-order valence-corrected chi connectivity index (χ4v) is 3.92. The van der Waals surface area contributed by atoms with Crippen LogP contribution in [-0.4, -0.2) is 33.2 Å². The van der Waals surface area contributed by atoms with Gasteiger partial charge in [0.05, 0.1) is 11.7 Å². The molecular formula is C26H30N4O3. The van der Waals surface area contributed by atoms with Crippen molar-refractivity contribution < 1.29 is 9.90 Å². The van der Waals surface area contributed by atoms with Crippen LogP contribution in [0.15, 0.2) is 59.7 Å². The Morgan fingerprint density at radius 3 is 2.64 bits per heavy atom. The fourth-order valence-electron chi connectivity index (χ4n) is 3.92. The molecule has 4 rings (SSSR count). The number of aromatic nitrogens is 2. The summed E-state index contributed by atoms with van der Waals surface area (Å²) in [4.78, 5) is 30.3. The quantitative estimate of drug-likeness (QED) is 0.492. The van der Waals surface area contributed by atoms with Gasteiger partial charge in [-0.3, -0.25) is 14.2 Å². The Morgan fingerprint density at radius 1 is 1.18 bits per heavy atom. The van der Waals surface area contributed by atoms with Crippen LogP contribution in [-0.2, 0) is 0 Å². The number of hydrogen-bond donors (Lipinski definition) is 3. The van der Waals surface area contributed by atoms with Crippen molar-refractivity contribution in [3.63, 3.8) is 0 Å². The second kappa shape index (κ2) is 9.58. The number of amides is 1. The zero-order chi connectivity index (χ0) is 23.5. The van der Waals surface area contributed by atoms with Gasteiger partial charge in [-0.1, -0.05) is 37.3 Å². The molecular weight excluding hydrogens is 416 g/mol. The summed E-state index contributed by atoms with van der Waals surface area (Å²) in [5.74, 6) is -0.0778. The van der Waals surface area contributed by atoms with Gasteiger partial charge >= 0.3 is 0 Å². The third kappa shape index (κ3) is 4.98. The lowest BCUT2D eigenvalue weighted by molar-refractivity contribution is 0.0951. The summed E-state index contributed by atoms with van der Waals surface area (Å²) in [6.45, 7) is 5.80. The maximum absolute atomic E-state index is 13.4. The van der Waals surface area contributed by atoms with Crippen molar-refractivity contribution in [3.8, 4) is 5.69 Å². The Bertz CT molecular complexity index is 1220. The van der Waals surface area contributed by atoms with E-state index in [2.05, 4.69) is 15.6 Å². The lowest BCUT2D eigenvalue weighted by atomic mass is 9.92. The third-order valence-electron chi connectivity index (χ3n) is 6.16. The zero-order valence-electron chi connectivity index (χ0n) is 19.2. The molecule has 3 aromatic rings. The number of benzene rings is 2. The van der Waals surface area contributed by atoms with Gasteiger partial charge in [0.1, 0.15) is 0 Å². The highest BCUT2D eigenvalue weighted by atomic mass is 16.3. The van der Waals surface area contributed by atoms with Crippen LogP contribution in [0.25, 0.3) is 5.69 Å². The molecule has 3 N–H and O–H groups in total. The average Bonchev–Trinajstić information content (AvgIpc) is 3.63. The minimum absolute atomic E-state index is 0.0374. The topological polar surface area (TPSA) is 96.3 Å². The Labute approximate surface area is 193 Å². The summed E-state index contributed by atoms with van der Waals surface area (Å²) in [5, 5.41) is 16.1. The van der Waals surface area contributed by atoms with Crippen LogP contribution in [0.1, 0.15) is 52.9 Å². The molecule has 0 radical (unpaired) electrons. The van der Waals surface area contributed by atoms with Gasteiger partial charge < -0.3 is 15.7 Å². The van der Waals surface area contributed by atoms with E-state index in [9.17, 15) is 14.7 Å². The molecule has 1 aliphatic carbocycles. The van der Waals surface area contributed by atoms with E-state index in [1.54, 1.807) is 24.5 Å². The molecule has 1 saturated carbocycles. The molecule has 7 heteroatoms. The molecule has 0 spiro atoms. The molecule has 7 nitrogen and oxygen atoms in total. The first-order valence-corrected chi connectivity index (χ1v) is 11.3. The smallest absolute Gasteiger partial charge is 0.297 e. The van der Waals surface area contributed by atoms with Gasteiger partial charge in [-0.25, -0.2) is 4.98 Å². The number of anilines is 1. The summed E-state index contributed by atoms with van der Waals surface area (Å²) >= 11 is 0. The molecule has 1 aliphatic rings. The van der Waals surface area contributed by atoms with E-state index in [4.69, 9.17) is 0 Å². The molecule has 1 aromatic heterocycles. The molecule has 1 amide bonds. The molecule has 0 unspecified atom stereocenters. The minimum atomic E-state index is -0.316. The second-order valence-electron chi connectivity index (χ2n) is 8.84. The summed E-state index contributed by atoms with van der Waals surface area (Å²) in [7, 11) is 0. The zero-order valence-corrected chi connectivity index (χ0v) is 19.2. The molecule has 172 valence electrons. The predicted molar refractivity (Wildman–Crippen MR) is 129 cm³/mol. The monoisotopic (exact) mass is 446 g/mol. The number of nitrogens with one attached hydrogen (secondary N) is 2. The number of nitrogens with zero attached hydrogens (tertiary/aromatic N) is 2. The number of hydrogen-bond acceptors (Lipinski definition) is 5. The van der Waals surface area contributed by atoms with E-state index in [-0.39, 0.29) is 41.9 Å². The normalized spacial score (nSPS) is 15.0. The summed E-state index contributed by atoms with van der Waals surface area (Å²) in [6.07, 6.45) is 5.20. The first kappa shape index (κ1) is 22.7. The average molecular weight is 447 g/mol. The van der Waals surface area contributed by atoms with Crippen LogP contribution < -0.4 is 16.2 Å². The van der Waals surface area contributed by atoms with E-state index >= 15 is 0 Å². The van der Waals surface area contributed by atoms with Crippen molar-refractivity contribution in [1.29, 1.82) is 0 Å². The highest BCUT2D eigenvalue weighted by Crippen LogP contribution is 2.27. The van der Waals surface area contributed by atoms with Crippen LogP contribution >= 0.6 is 0 Å². The molecule has 0 aliphatic heterocycles. The van der Waals surface area contributed by atoms with Crippen molar-refractivity contribution in [2.24, 2.45) is 5.92 Å². The highest BCUT2D eigenvalue weighted by molar-refractivity contribution is 5.95. The molecule has 1 heterocycles. The number of aliphatic hydroxyl groups is 1. The second-order valence-corrected chi connectivity index (χ2v) is 8.84. The Kier molecular flexibility index (Phi) is 6.60. The van der Waals surface area contributed by atoms with Gasteiger partial charge in [0.15, 0.2) is 5.82 Å². The summed E-state index contributed by atoms with van der Waals surface area (Å²) in [5.41, 5.74) is 3.78. The van der Waals surface area contributed by atoms with E-state index in [1.165, 1.54) is 4.57 Å². The number of aryl methyl sites for hydroxylation is 2. The van der Waals surface area contributed by atoms with Gasteiger partial charge in [0.2, 0.25) is 0 Å². The number of rotatable bonds is 8. The fraction of sp³-hybridized carbons (Fsp3) is 0.346. The Morgan fingerprint density at radius 2 is 1.94 bits per heavy atom. The van der Waals surface area contributed by atoms with Crippen LogP contribution in [0.5, 0.6) is 0 Å². The van der Waals surface area contributed by atoms with Gasteiger partial charge in [-0.2, -0.15) is 0 Å². The molecule has 0 saturated heterocycles. The standard InChI is InChI=1S/C26H30N4O3/c1-16-6-4-5-7-21(16)23(18(3)15-31)29-24-26(33)30(13-12-27-24)22-14-19(9-8-17(22)2)25(32)28-20-10-11-20/h4-9,12-14,18,20,23,31H,10-11,15H2,1-3H3,(H,27,29)(H,28,32)/t18-,23+/m0/s1.